The molecule has 2 N–H and O–H groups in total. The summed E-state index contributed by atoms with van der Waals surface area (Å²) >= 11 is 0. The van der Waals surface area contributed by atoms with Crippen LogP contribution in [0.15, 0.2) is 55.6 Å². The van der Waals surface area contributed by atoms with Crippen LogP contribution in [0.1, 0.15) is 15.9 Å². The van der Waals surface area contributed by atoms with E-state index in [0.717, 1.165) is 11.3 Å². The Bertz CT molecular complexity index is 566. The van der Waals surface area contributed by atoms with Crippen LogP contribution in [0.4, 0.5) is 5.69 Å². The van der Waals surface area contributed by atoms with E-state index in [-0.39, 0.29) is 5.91 Å². The molecule has 2 rings (SSSR count). The van der Waals surface area contributed by atoms with E-state index in [2.05, 4.69) is 27.2 Å². The van der Waals surface area contributed by atoms with Gasteiger partial charge in [-0.3, -0.25) is 4.79 Å². The van der Waals surface area contributed by atoms with E-state index < -0.39 is 0 Å². The molecule has 0 aliphatic rings. The number of hydrogen-bond donors (Lipinski definition) is 2. The maximum absolute atomic E-state index is 11.7. The van der Waals surface area contributed by atoms with Gasteiger partial charge in [0.25, 0.3) is 5.91 Å². The van der Waals surface area contributed by atoms with Crippen molar-refractivity contribution in [1.29, 1.82) is 0 Å². The van der Waals surface area contributed by atoms with E-state index in [1.807, 2.05) is 12.1 Å². The zero-order valence-electron chi connectivity index (χ0n) is 11.0. The Morgan fingerprint density at radius 1 is 1.20 bits per heavy atom. The lowest BCUT2D eigenvalue weighted by Crippen LogP contribution is -2.23. The lowest BCUT2D eigenvalue weighted by molar-refractivity contribution is 0.0958. The molecule has 0 saturated carbocycles. The minimum atomic E-state index is -0.104. The monoisotopic (exact) mass is 268 g/mol. The summed E-state index contributed by atoms with van der Waals surface area (Å²) in [4.78, 5) is 19.6. The summed E-state index contributed by atoms with van der Waals surface area (Å²) in [5, 5.41) is 5.97. The summed E-state index contributed by atoms with van der Waals surface area (Å²) < 4.78 is 0. The minimum absolute atomic E-state index is 0.104. The van der Waals surface area contributed by atoms with Crippen molar-refractivity contribution in [3.63, 3.8) is 0 Å². The molecule has 1 amide bonds. The second-order valence-electron chi connectivity index (χ2n) is 4.18. The van der Waals surface area contributed by atoms with Gasteiger partial charge in [0.05, 0.1) is 0 Å². The van der Waals surface area contributed by atoms with Gasteiger partial charge in [-0.2, -0.15) is 0 Å². The Hall–Kier alpha value is -2.69. The topological polar surface area (TPSA) is 66.9 Å². The predicted molar refractivity (Wildman–Crippen MR) is 78.3 cm³/mol. The van der Waals surface area contributed by atoms with Gasteiger partial charge in [-0.1, -0.05) is 6.08 Å². The number of anilines is 1. The lowest BCUT2D eigenvalue weighted by atomic mass is 10.2. The third-order valence-corrected chi connectivity index (χ3v) is 2.66. The van der Waals surface area contributed by atoms with Crippen LogP contribution in [-0.2, 0) is 6.54 Å². The molecule has 0 radical (unpaired) electrons. The largest absolute Gasteiger partial charge is 0.381 e. The molecule has 5 heteroatoms. The average Bonchev–Trinajstić information content (AvgIpc) is 2.52. The Labute approximate surface area is 117 Å². The molecular formula is C15H16N4O. The zero-order valence-corrected chi connectivity index (χ0v) is 11.0. The van der Waals surface area contributed by atoms with Gasteiger partial charge in [-0.25, -0.2) is 9.97 Å². The molecule has 0 atom stereocenters. The summed E-state index contributed by atoms with van der Waals surface area (Å²) in [7, 11) is 0. The SMILES string of the molecule is C=CCNC(=O)c1ccc(NCc2cncnc2)cc1. The first kappa shape index (κ1) is 13.7. The third kappa shape index (κ3) is 3.91. The van der Waals surface area contributed by atoms with Crippen molar-refractivity contribution in [2.75, 3.05) is 11.9 Å². The van der Waals surface area contributed by atoms with Crippen molar-refractivity contribution in [2.45, 2.75) is 6.54 Å². The molecule has 0 bridgehead atoms. The van der Waals surface area contributed by atoms with Crippen LogP contribution in [0.3, 0.4) is 0 Å². The smallest absolute Gasteiger partial charge is 0.251 e. The zero-order chi connectivity index (χ0) is 14.2. The van der Waals surface area contributed by atoms with Gasteiger partial charge >= 0.3 is 0 Å². The van der Waals surface area contributed by atoms with Crippen molar-refractivity contribution < 1.29 is 4.79 Å². The summed E-state index contributed by atoms with van der Waals surface area (Å²) in [6.07, 6.45) is 6.67. The van der Waals surface area contributed by atoms with Crippen molar-refractivity contribution in [3.8, 4) is 0 Å². The molecule has 20 heavy (non-hydrogen) atoms. The molecule has 5 nitrogen and oxygen atoms in total. The quantitative estimate of drug-likeness (QED) is 0.786. The Kier molecular flexibility index (Phi) is 4.83. The molecule has 102 valence electrons. The van der Waals surface area contributed by atoms with Gasteiger partial charge in [-0.15, -0.1) is 6.58 Å². The first-order valence-corrected chi connectivity index (χ1v) is 6.26. The molecule has 0 fully saturated rings. The maximum Gasteiger partial charge on any atom is 0.251 e. The standard InChI is InChI=1S/C15H16N4O/c1-2-7-18-15(20)13-3-5-14(6-4-13)19-10-12-8-16-11-17-9-12/h2-6,8-9,11,19H,1,7,10H2,(H,18,20). The summed E-state index contributed by atoms with van der Waals surface area (Å²) in [5.41, 5.74) is 2.56. The van der Waals surface area contributed by atoms with E-state index in [1.165, 1.54) is 6.33 Å². The molecule has 0 saturated heterocycles. The van der Waals surface area contributed by atoms with Crippen LogP contribution in [0.2, 0.25) is 0 Å². The van der Waals surface area contributed by atoms with Crippen LogP contribution < -0.4 is 10.6 Å². The van der Waals surface area contributed by atoms with Crippen LogP contribution in [-0.4, -0.2) is 22.4 Å². The fourth-order valence-electron chi connectivity index (χ4n) is 1.63. The molecular weight excluding hydrogens is 252 g/mol. The third-order valence-electron chi connectivity index (χ3n) is 2.66. The van der Waals surface area contributed by atoms with Crippen molar-refractivity contribution in [3.05, 3.63) is 66.8 Å². The second-order valence-corrected chi connectivity index (χ2v) is 4.18. The molecule has 1 aromatic heterocycles. The molecule has 1 heterocycles. The highest BCUT2D eigenvalue weighted by molar-refractivity contribution is 5.94. The summed E-state index contributed by atoms with van der Waals surface area (Å²) in [6, 6.07) is 7.30. The van der Waals surface area contributed by atoms with E-state index in [4.69, 9.17) is 0 Å². The highest BCUT2D eigenvalue weighted by Gasteiger charge is 2.03. The normalized spacial score (nSPS) is 9.80. The molecule has 0 spiro atoms. The average molecular weight is 268 g/mol. The summed E-state index contributed by atoms with van der Waals surface area (Å²) in [5.74, 6) is -0.104. The number of nitrogens with one attached hydrogen (secondary N) is 2. The molecule has 1 aromatic carbocycles. The van der Waals surface area contributed by atoms with Crippen LogP contribution in [0.25, 0.3) is 0 Å². The first-order valence-electron chi connectivity index (χ1n) is 6.26. The van der Waals surface area contributed by atoms with E-state index in [0.29, 0.717) is 18.7 Å². The number of amides is 1. The first-order chi connectivity index (χ1) is 9.79. The van der Waals surface area contributed by atoms with Crippen molar-refractivity contribution in [2.24, 2.45) is 0 Å². The number of rotatable bonds is 6. The fraction of sp³-hybridized carbons (Fsp3) is 0.133. The lowest BCUT2D eigenvalue weighted by Gasteiger charge is -2.07. The van der Waals surface area contributed by atoms with Gasteiger partial charge < -0.3 is 10.6 Å². The van der Waals surface area contributed by atoms with E-state index >= 15 is 0 Å². The van der Waals surface area contributed by atoms with Crippen LogP contribution in [0.5, 0.6) is 0 Å². The second kappa shape index (κ2) is 7.04. The number of nitrogens with zero attached hydrogens (tertiary/aromatic N) is 2. The maximum atomic E-state index is 11.7. The van der Waals surface area contributed by atoms with Gasteiger partial charge in [-0.05, 0) is 24.3 Å². The van der Waals surface area contributed by atoms with Gasteiger partial charge in [0.1, 0.15) is 6.33 Å². The van der Waals surface area contributed by atoms with E-state index in [9.17, 15) is 4.79 Å². The predicted octanol–water partition coefficient (Wildman–Crippen LogP) is 2.00. The van der Waals surface area contributed by atoms with Crippen LogP contribution >= 0.6 is 0 Å². The highest BCUT2D eigenvalue weighted by Crippen LogP contribution is 2.10. The highest BCUT2D eigenvalue weighted by atomic mass is 16.1. The molecule has 0 unspecified atom stereocenters. The number of aromatic nitrogens is 2. The number of carbonyl (C=O) groups is 1. The Morgan fingerprint density at radius 2 is 1.90 bits per heavy atom. The number of benzene rings is 1. The van der Waals surface area contributed by atoms with E-state index in [1.54, 1.807) is 30.6 Å². The fourth-order valence-corrected chi connectivity index (χ4v) is 1.63. The van der Waals surface area contributed by atoms with Gasteiger partial charge in [0.2, 0.25) is 0 Å². The van der Waals surface area contributed by atoms with Gasteiger partial charge in [0.15, 0.2) is 0 Å². The van der Waals surface area contributed by atoms with Crippen molar-refractivity contribution in [1.82, 2.24) is 15.3 Å². The Morgan fingerprint density at radius 3 is 2.55 bits per heavy atom. The molecule has 2 aromatic rings. The van der Waals surface area contributed by atoms with Crippen LogP contribution in [0, 0.1) is 0 Å². The molecule has 0 aliphatic carbocycles. The number of hydrogen-bond acceptors (Lipinski definition) is 4. The summed E-state index contributed by atoms with van der Waals surface area (Å²) in [6.45, 7) is 4.67. The van der Waals surface area contributed by atoms with Crippen molar-refractivity contribution >= 4 is 11.6 Å². The van der Waals surface area contributed by atoms with Gasteiger partial charge in [0, 0.05) is 42.3 Å². The minimum Gasteiger partial charge on any atom is -0.381 e. The number of carbonyl (C=O) groups excluding carboxylic acids is 1. The molecule has 0 aliphatic heterocycles. The Balaban J connectivity index is 1.91.